The van der Waals surface area contributed by atoms with Gasteiger partial charge >= 0.3 is 5.69 Å². The molecule has 8 heteroatoms. The maximum Gasteiger partial charge on any atom is 0.328 e. The highest BCUT2D eigenvalue weighted by atomic mass is 16.1. The molecule has 1 saturated carbocycles. The summed E-state index contributed by atoms with van der Waals surface area (Å²) < 4.78 is 3.92. The fraction of sp³-hybridized carbons (Fsp3) is 0.423. The molecule has 4 aromatic rings. The number of aryl methyl sites for hydroxylation is 1. The number of benzene rings is 1. The lowest BCUT2D eigenvalue weighted by Gasteiger charge is -2.09. The van der Waals surface area contributed by atoms with Crippen LogP contribution in [0, 0.1) is 11.8 Å². The van der Waals surface area contributed by atoms with Crippen molar-refractivity contribution in [3.63, 3.8) is 0 Å². The van der Waals surface area contributed by atoms with Crippen molar-refractivity contribution in [3.8, 4) is 22.5 Å². The van der Waals surface area contributed by atoms with Gasteiger partial charge in [0.15, 0.2) is 5.82 Å². The van der Waals surface area contributed by atoms with Crippen molar-refractivity contribution < 1.29 is 0 Å². The third-order valence-electron chi connectivity index (χ3n) is 7.13. The van der Waals surface area contributed by atoms with Gasteiger partial charge in [-0.25, -0.2) is 9.89 Å². The van der Waals surface area contributed by atoms with Crippen molar-refractivity contribution >= 4 is 0 Å². The number of aromatic amines is 1. The van der Waals surface area contributed by atoms with E-state index in [0.717, 1.165) is 53.8 Å². The fourth-order valence-corrected chi connectivity index (χ4v) is 5.12. The standard InChI is InChI=1S/C26H31N7O/c1-4-6-10-22-16-33(24-17(3)23(24)5-2)26(34)32(22)15-21-14-19(11-12-27-21)18-8-7-9-20(13-18)25-28-30-31-29-25/h7-9,11-14,16-17,23-24H,4-6,10,15H2,1-3H3,(H,28,29,30,31). The number of nitrogens with one attached hydrogen (secondary N) is 1. The van der Waals surface area contributed by atoms with E-state index in [9.17, 15) is 4.79 Å². The molecular formula is C26H31N7O. The molecule has 1 aliphatic carbocycles. The smallest absolute Gasteiger partial charge is 0.295 e. The Morgan fingerprint density at radius 3 is 2.65 bits per heavy atom. The quantitative estimate of drug-likeness (QED) is 0.399. The highest BCUT2D eigenvalue weighted by Gasteiger charge is 2.47. The average molecular weight is 458 g/mol. The summed E-state index contributed by atoms with van der Waals surface area (Å²) in [6.45, 7) is 7.12. The van der Waals surface area contributed by atoms with E-state index in [4.69, 9.17) is 0 Å². The molecule has 0 radical (unpaired) electrons. The molecule has 0 saturated heterocycles. The van der Waals surface area contributed by atoms with Gasteiger partial charge in [-0.15, -0.1) is 5.10 Å². The van der Waals surface area contributed by atoms with Crippen molar-refractivity contribution in [2.75, 3.05) is 0 Å². The topological polar surface area (TPSA) is 94.3 Å². The average Bonchev–Trinajstić information content (AvgIpc) is 3.19. The third kappa shape index (κ3) is 4.20. The number of hydrogen-bond donors (Lipinski definition) is 1. The molecular weight excluding hydrogens is 426 g/mol. The van der Waals surface area contributed by atoms with Gasteiger partial charge in [-0.1, -0.05) is 51.8 Å². The molecule has 8 nitrogen and oxygen atoms in total. The van der Waals surface area contributed by atoms with Crippen molar-refractivity contribution in [2.24, 2.45) is 11.8 Å². The molecule has 0 amide bonds. The van der Waals surface area contributed by atoms with E-state index in [1.54, 1.807) is 0 Å². The summed E-state index contributed by atoms with van der Waals surface area (Å²) in [7, 11) is 0. The summed E-state index contributed by atoms with van der Waals surface area (Å²) in [5.74, 6) is 1.79. The zero-order valence-corrected chi connectivity index (χ0v) is 20.0. The van der Waals surface area contributed by atoms with Crippen LogP contribution in [0.5, 0.6) is 0 Å². The molecule has 1 aliphatic rings. The third-order valence-corrected chi connectivity index (χ3v) is 7.13. The number of H-pyrrole nitrogens is 1. The molecule has 1 N–H and O–H groups in total. The Kier molecular flexibility index (Phi) is 6.13. The Labute approximate surface area is 199 Å². The summed E-state index contributed by atoms with van der Waals surface area (Å²) in [5.41, 5.74) is 5.08. The van der Waals surface area contributed by atoms with Crippen LogP contribution in [0.2, 0.25) is 0 Å². The summed E-state index contributed by atoms with van der Waals surface area (Å²) in [4.78, 5) is 18.1. The maximum atomic E-state index is 13.5. The van der Waals surface area contributed by atoms with Gasteiger partial charge in [0.25, 0.3) is 0 Å². The van der Waals surface area contributed by atoms with Crippen LogP contribution >= 0.6 is 0 Å². The van der Waals surface area contributed by atoms with Gasteiger partial charge in [0.1, 0.15) is 0 Å². The van der Waals surface area contributed by atoms with Crippen LogP contribution in [-0.4, -0.2) is 34.7 Å². The Bertz CT molecular complexity index is 1320. The summed E-state index contributed by atoms with van der Waals surface area (Å²) in [6.07, 6.45) is 8.11. The van der Waals surface area contributed by atoms with Crippen LogP contribution in [0.3, 0.4) is 0 Å². The van der Waals surface area contributed by atoms with E-state index < -0.39 is 0 Å². The summed E-state index contributed by atoms with van der Waals surface area (Å²) >= 11 is 0. The molecule has 1 fully saturated rings. The van der Waals surface area contributed by atoms with Gasteiger partial charge in [-0.2, -0.15) is 0 Å². The minimum absolute atomic E-state index is 0.0888. The number of hydrogen-bond acceptors (Lipinski definition) is 5. The lowest BCUT2D eigenvalue weighted by Crippen LogP contribution is -2.26. The fourth-order valence-electron chi connectivity index (χ4n) is 5.12. The number of aromatic nitrogens is 7. The van der Waals surface area contributed by atoms with Gasteiger partial charge < -0.3 is 0 Å². The Morgan fingerprint density at radius 2 is 1.91 bits per heavy atom. The van der Waals surface area contributed by atoms with E-state index in [1.165, 1.54) is 0 Å². The molecule has 5 rings (SSSR count). The van der Waals surface area contributed by atoms with Gasteiger partial charge in [0, 0.05) is 29.7 Å². The predicted molar refractivity (Wildman–Crippen MR) is 131 cm³/mol. The van der Waals surface area contributed by atoms with E-state index in [-0.39, 0.29) is 5.69 Å². The molecule has 0 spiro atoms. The van der Waals surface area contributed by atoms with Crippen LogP contribution in [0.1, 0.15) is 57.5 Å². The SMILES string of the molecule is CCCCc1cn(C2C(C)C2CC)c(=O)n1Cc1cc(-c2cccc(-c3nnn[nH]3)c2)ccn1. The van der Waals surface area contributed by atoms with E-state index in [0.29, 0.717) is 30.2 Å². The second-order valence-corrected chi connectivity index (χ2v) is 9.29. The van der Waals surface area contributed by atoms with Crippen LogP contribution in [0.15, 0.2) is 53.6 Å². The van der Waals surface area contributed by atoms with Gasteiger partial charge in [0.05, 0.1) is 12.2 Å². The molecule has 3 heterocycles. The highest BCUT2D eigenvalue weighted by Crippen LogP contribution is 2.51. The zero-order valence-electron chi connectivity index (χ0n) is 20.0. The lowest BCUT2D eigenvalue weighted by molar-refractivity contribution is 0.592. The monoisotopic (exact) mass is 457 g/mol. The Balaban J connectivity index is 1.45. The van der Waals surface area contributed by atoms with Gasteiger partial charge in [-0.05, 0) is 64.4 Å². The van der Waals surface area contributed by atoms with Crippen molar-refractivity contribution in [1.82, 2.24) is 34.7 Å². The van der Waals surface area contributed by atoms with Crippen LogP contribution < -0.4 is 5.69 Å². The first-order valence-electron chi connectivity index (χ1n) is 12.2. The summed E-state index contributed by atoms with van der Waals surface area (Å²) in [5, 5.41) is 14.2. The first-order chi connectivity index (χ1) is 16.6. The van der Waals surface area contributed by atoms with E-state index in [1.807, 2.05) is 33.5 Å². The van der Waals surface area contributed by atoms with E-state index in [2.05, 4.69) is 70.8 Å². The van der Waals surface area contributed by atoms with Gasteiger partial charge in [0.2, 0.25) is 0 Å². The number of pyridine rings is 1. The highest BCUT2D eigenvalue weighted by molar-refractivity contribution is 5.70. The van der Waals surface area contributed by atoms with Crippen molar-refractivity contribution in [2.45, 2.75) is 59.0 Å². The second kappa shape index (κ2) is 9.37. The maximum absolute atomic E-state index is 13.5. The second-order valence-electron chi connectivity index (χ2n) is 9.29. The minimum Gasteiger partial charge on any atom is -0.295 e. The Morgan fingerprint density at radius 1 is 1.09 bits per heavy atom. The molecule has 3 atom stereocenters. The Hall–Kier alpha value is -3.55. The first kappa shape index (κ1) is 22.3. The molecule has 0 aliphatic heterocycles. The summed E-state index contributed by atoms with van der Waals surface area (Å²) in [6, 6.07) is 12.5. The number of nitrogens with zero attached hydrogens (tertiary/aromatic N) is 6. The van der Waals surface area contributed by atoms with Crippen molar-refractivity contribution in [3.05, 3.63) is 70.7 Å². The minimum atomic E-state index is 0.0888. The van der Waals surface area contributed by atoms with Crippen LogP contribution in [0.4, 0.5) is 0 Å². The van der Waals surface area contributed by atoms with Gasteiger partial charge in [-0.3, -0.25) is 14.1 Å². The molecule has 34 heavy (non-hydrogen) atoms. The van der Waals surface area contributed by atoms with Crippen LogP contribution in [0.25, 0.3) is 22.5 Å². The van der Waals surface area contributed by atoms with Crippen molar-refractivity contribution in [1.29, 1.82) is 0 Å². The molecule has 176 valence electrons. The predicted octanol–water partition coefficient (Wildman–Crippen LogP) is 4.50. The zero-order chi connectivity index (χ0) is 23.7. The number of imidazole rings is 1. The largest absolute Gasteiger partial charge is 0.328 e. The molecule has 3 aromatic heterocycles. The first-order valence-corrected chi connectivity index (χ1v) is 12.2. The van der Waals surface area contributed by atoms with Crippen LogP contribution in [-0.2, 0) is 13.0 Å². The number of tetrazole rings is 1. The normalized spacial score (nSPS) is 19.4. The lowest BCUT2D eigenvalue weighted by atomic mass is 10.0. The molecule has 3 unspecified atom stereocenters. The van der Waals surface area contributed by atoms with E-state index >= 15 is 0 Å². The number of unbranched alkanes of at least 4 members (excludes halogenated alkanes) is 1. The molecule has 0 bridgehead atoms. The number of rotatable bonds is 9. The molecule has 1 aromatic carbocycles.